The van der Waals surface area contributed by atoms with Crippen LogP contribution in [0.2, 0.25) is 0 Å². The lowest BCUT2D eigenvalue weighted by atomic mass is 10.2. The third-order valence-corrected chi connectivity index (χ3v) is 1.27. The van der Waals surface area contributed by atoms with E-state index in [0.29, 0.717) is 18.4 Å². The second-order valence-corrected chi connectivity index (χ2v) is 2.04. The van der Waals surface area contributed by atoms with E-state index in [1.165, 1.54) is 12.1 Å². The van der Waals surface area contributed by atoms with E-state index in [1.54, 1.807) is 12.3 Å². The maximum atomic E-state index is 11.5. The van der Waals surface area contributed by atoms with E-state index in [4.69, 9.17) is 5.11 Å². The highest BCUT2D eigenvalue weighted by Gasteiger charge is 1.96. The Morgan fingerprint density at radius 2 is 2.45 bits per heavy atom. The first-order chi connectivity index (χ1) is 5.34. The Balaban J connectivity index is 2.77. The van der Waals surface area contributed by atoms with Crippen molar-refractivity contribution in [2.45, 2.75) is 6.42 Å². The summed E-state index contributed by atoms with van der Waals surface area (Å²) in [4.78, 5) is 3.85. The maximum Gasteiger partial charge on any atom is 0.137 e. The molecule has 0 radical (unpaired) electrons. The monoisotopic (exact) mass is 153 g/mol. The van der Waals surface area contributed by atoms with Crippen molar-refractivity contribution in [1.29, 1.82) is 0 Å². The molecule has 0 aliphatic carbocycles. The first-order valence-electron chi connectivity index (χ1n) is 3.22. The number of hydrogen-bond donors (Lipinski definition) is 1. The van der Waals surface area contributed by atoms with E-state index in [1.807, 2.05) is 0 Å². The highest BCUT2D eigenvalue weighted by molar-refractivity contribution is 5.26. The number of aromatic nitrogens is 1. The zero-order valence-electron chi connectivity index (χ0n) is 5.87. The summed E-state index contributed by atoms with van der Waals surface area (Å²) in [5.41, 5.74) is 0.487. The molecular formula is C8H8FNO. The lowest BCUT2D eigenvalue weighted by molar-refractivity contribution is 0.466. The number of rotatable bonds is 2. The van der Waals surface area contributed by atoms with Gasteiger partial charge in [0.15, 0.2) is 0 Å². The summed E-state index contributed by atoms with van der Waals surface area (Å²) >= 11 is 0. The molecule has 0 aromatic carbocycles. The van der Waals surface area contributed by atoms with Gasteiger partial charge in [0, 0.05) is 12.6 Å². The van der Waals surface area contributed by atoms with Crippen LogP contribution in [0.4, 0.5) is 4.39 Å². The van der Waals surface area contributed by atoms with Gasteiger partial charge in [-0.15, -0.1) is 0 Å². The molecule has 0 atom stereocenters. The van der Waals surface area contributed by atoms with Crippen LogP contribution in [0.3, 0.4) is 0 Å². The molecule has 58 valence electrons. The molecule has 0 amide bonds. The summed E-state index contributed by atoms with van der Waals surface area (Å²) in [6, 6.07) is 3.15. The third kappa shape index (κ3) is 2.04. The fourth-order valence-corrected chi connectivity index (χ4v) is 0.743. The molecule has 0 spiro atoms. The number of aromatic hydroxyl groups is 1. The lowest BCUT2D eigenvalue weighted by Crippen LogP contribution is -1.85. The zero-order valence-corrected chi connectivity index (χ0v) is 5.87. The van der Waals surface area contributed by atoms with E-state index >= 15 is 0 Å². The normalized spacial score (nSPS) is 10.6. The maximum absolute atomic E-state index is 11.5. The molecule has 0 saturated heterocycles. The van der Waals surface area contributed by atoms with Crippen LogP contribution in [0.15, 0.2) is 30.7 Å². The minimum atomic E-state index is 0.102. The number of hydrogen-bond acceptors (Lipinski definition) is 2. The first kappa shape index (κ1) is 7.72. The van der Waals surface area contributed by atoms with Gasteiger partial charge in [0.05, 0.1) is 12.0 Å². The quantitative estimate of drug-likeness (QED) is 0.702. The van der Waals surface area contributed by atoms with Crippen LogP contribution >= 0.6 is 0 Å². The van der Waals surface area contributed by atoms with Crippen LogP contribution in [-0.4, -0.2) is 10.1 Å². The van der Waals surface area contributed by atoms with Crippen LogP contribution in [0.1, 0.15) is 5.69 Å². The Kier molecular flexibility index (Phi) is 2.60. The van der Waals surface area contributed by atoms with Gasteiger partial charge < -0.3 is 5.11 Å². The molecule has 3 heteroatoms. The summed E-state index contributed by atoms with van der Waals surface area (Å²) in [5.74, 6) is 0.102. The van der Waals surface area contributed by atoms with Crippen molar-refractivity contribution >= 4 is 0 Å². The van der Waals surface area contributed by atoms with E-state index in [-0.39, 0.29) is 5.75 Å². The van der Waals surface area contributed by atoms with Crippen molar-refractivity contribution in [3.05, 3.63) is 36.4 Å². The molecular weight excluding hydrogens is 145 g/mol. The minimum Gasteiger partial charge on any atom is -0.506 e. The molecule has 1 aromatic heterocycles. The predicted molar refractivity (Wildman–Crippen MR) is 39.9 cm³/mol. The Bertz CT molecular complexity index is 260. The van der Waals surface area contributed by atoms with E-state index in [2.05, 4.69) is 4.98 Å². The first-order valence-corrected chi connectivity index (χ1v) is 3.22. The fraction of sp³-hybridized carbons (Fsp3) is 0.125. The van der Waals surface area contributed by atoms with Gasteiger partial charge in [-0.2, -0.15) is 0 Å². The number of allylic oxidation sites excluding steroid dienone is 1. The highest BCUT2D eigenvalue weighted by Crippen LogP contribution is 2.12. The minimum absolute atomic E-state index is 0.102. The number of halogens is 1. The van der Waals surface area contributed by atoms with Gasteiger partial charge in [0.25, 0.3) is 0 Å². The predicted octanol–water partition coefficient (Wildman–Crippen LogP) is 1.81. The Morgan fingerprint density at radius 1 is 1.64 bits per heavy atom. The van der Waals surface area contributed by atoms with Crippen molar-refractivity contribution < 1.29 is 9.50 Å². The van der Waals surface area contributed by atoms with Crippen molar-refractivity contribution in [2.75, 3.05) is 0 Å². The van der Waals surface area contributed by atoms with Gasteiger partial charge in [-0.1, -0.05) is 6.08 Å². The van der Waals surface area contributed by atoms with Crippen LogP contribution < -0.4 is 0 Å². The SMILES string of the molecule is Oc1cccnc1CC=CF. The average molecular weight is 153 g/mol. The van der Waals surface area contributed by atoms with Crippen molar-refractivity contribution in [1.82, 2.24) is 4.98 Å². The van der Waals surface area contributed by atoms with E-state index < -0.39 is 0 Å². The Labute approximate surface area is 64.0 Å². The van der Waals surface area contributed by atoms with Crippen LogP contribution in [0.25, 0.3) is 0 Å². The second kappa shape index (κ2) is 3.71. The molecule has 11 heavy (non-hydrogen) atoms. The van der Waals surface area contributed by atoms with Gasteiger partial charge in [-0.3, -0.25) is 4.98 Å². The largest absolute Gasteiger partial charge is 0.506 e. The van der Waals surface area contributed by atoms with Crippen molar-refractivity contribution in [3.8, 4) is 5.75 Å². The molecule has 0 aliphatic heterocycles. The van der Waals surface area contributed by atoms with Crippen LogP contribution in [-0.2, 0) is 6.42 Å². The summed E-state index contributed by atoms with van der Waals surface area (Å²) in [7, 11) is 0. The molecule has 1 heterocycles. The molecule has 1 N–H and O–H groups in total. The molecule has 1 rings (SSSR count). The molecule has 1 aromatic rings. The van der Waals surface area contributed by atoms with Crippen LogP contribution in [0, 0.1) is 0 Å². The fourth-order valence-electron chi connectivity index (χ4n) is 0.743. The van der Waals surface area contributed by atoms with E-state index in [9.17, 15) is 4.39 Å². The molecule has 0 fully saturated rings. The highest BCUT2D eigenvalue weighted by atomic mass is 19.1. The zero-order chi connectivity index (χ0) is 8.10. The van der Waals surface area contributed by atoms with Gasteiger partial charge in [-0.25, -0.2) is 4.39 Å². The third-order valence-electron chi connectivity index (χ3n) is 1.27. The molecule has 0 bridgehead atoms. The standard InChI is InChI=1S/C8H8FNO/c9-5-1-3-7-8(11)4-2-6-10-7/h1-2,4-6,11H,3H2. The summed E-state index contributed by atoms with van der Waals surface area (Å²) in [6.45, 7) is 0. The van der Waals surface area contributed by atoms with Crippen molar-refractivity contribution in [3.63, 3.8) is 0 Å². The topological polar surface area (TPSA) is 33.1 Å². The number of nitrogens with zero attached hydrogens (tertiary/aromatic N) is 1. The van der Waals surface area contributed by atoms with Crippen molar-refractivity contribution in [2.24, 2.45) is 0 Å². The lowest BCUT2D eigenvalue weighted by Gasteiger charge is -1.96. The second-order valence-electron chi connectivity index (χ2n) is 2.04. The Hall–Kier alpha value is -1.38. The summed E-state index contributed by atoms with van der Waals surface area (Å²) in [5, 5.41) is 9.12. The smallest absolute Gasteiger partial charge is 0.137 e. The summed E-state index contributed by atoms with van der Waals surface area (Å²) in [6.07, 6.45) is 3.61. The number of pyridine rings is 1. The molecule has 0 unspecified atom stereocenters. The van der Waals surface area contributed by atoms with Crippen LogP contribution in [0.5, 0.6) is 5.75 Å². The van der Waals surface area contributed by atoms with E-state index in [0.717, 1.165) is 0 Å². The van der Waals surface area contributed by atoms with Gasteiger partial charge in [0.1, 0.15) is 5.75 Å². The molecule has 0 aliphatic rings. The van der Waals surface area contributed by atoms with Gasteiger partial charge >= 0.3 is 0 Å². The molecule has 2 nitrogen and oxygen atoms in total. The van der Waals surface area contributed by atoms with Gasteiger partial charge in [0.2, 0.25) is 0 Å². The Morgan fingerprint density at radius 3 is 3.09 bits per heavy atom. The molecule has 0 saturated carbocycles. The summed E-state index contributed by atoms with van der Waals surface area (Å²) < 4.78 is 11.5. The van der Waals surface area contributed by atoms with Gasteiger partial charge in [-0.05, 0) is 12.1 Å². The average Bonchev–Trinajstić information content (AvgIpc) is 2.03.